The number of hydrogen-bond donors (Lipinski definition) is 0. The Labute approximate surface area is 422 Å². The van der Waals surface area contributed by atoms with Gasteiger partial charge in [0.25, 0.3) is 0 Å². The summed E-state index contributed by atoms with van der Waals surface area (Å²) in [4.78, 5) is 2.53. The number of fused-ring (bicyclic) bond motifs is 19. The molecule has 2 aliphatic carbocycles. The molecule has 0 radical (unpaired) electrons. The van der Waals surface area contributed by atoms with Crippen molar-refractivity contribution in [1.29, 1.82) is 0 Å². The molecule has 3 heteroatoms. The normalized spacial score (nSPS) is 14.1. The first-order chi connectivity index (χ1) is 36.2. The summed E-state index contributed by atoms with van der Waals surface area (Å²) in [5.41, 5.74) is 18.1. The number of hydrogen-bond acceptors (Lipinski definition) is 3. The van der Waals surface area contributed by atoms with Crippen LogP contribution in [0.4, 0.5) is 17.1 Å². The summed E-state index contributed by atoms with van der Waals surface area (Å²) in [6.07, 6.45) is 0. The molecule has 3 aliphatic rings. The average Bonchev–Trinajstić information content (AvgIpc) is 4.16. The van der Waals surface area contributed by atoms with Crippen molar-refractivity contribution in [2.24, 2.45) is 0 Å². The first kappa shape index (κ1) is 40.3. The highest BCUT2D eigenvalue weighted by atomic mass is 16.5. The molecular weight excluding hydrogens is 887 g/mol. The Morgan fingerprint density at radius 3 is 1.37 bits per heavy atom. The van der Waals surface area contributed by atoms with E-state index in [0.717, 1.165) is 83.2 Å². The zero-order chi connectivity index (χ0) is 47.8. The number of para-hydroxylation sites is 1. The Kier molecular flexibility index (Phi) is 8.30. The highest BCUT2D eigenvalue weighted by Crippen LogP contribution is 2.67. The molecule has 0 fully saturated rings. The van der Waals surface area contributed by atoms with Crippen LogP contribution in [0.2, 0.25) is 0 Å². The molecule has 1 aliphatic heterocycles. The Morgan fingerprint density at radius 1 is 0.301 bits per heavy atom. The van der Waals surface area contributed by atoms with E-state index < -0.39 is 10.8 Å². The van der Waals surface area contributed by atoms with Gasteiger partial charge in [-0.25, -0.2) is 0 Å². The molecule has 0 bridgehead atoms. The van der Waals surface area contributed by atoms with E-state index in [-0.39, 0.29) is 0 Å². The van der Waals surface area contributed by atoms with Crippen molar-refractivity contribution in [2.75, 3.05) is 4.90 Å². The monoisotopic (exact) mass is 929 g/mol. The Hall–Kier alpha value is -9.44. The molecular formula is C70H43NO2. The minimum atomic E-state index is -0.728. The van der Waals surface area contributed by atoms with E-state index >= 15 is 0 Å². The van der Waals surface area contributed by atoms with Crippen molar-refractivity contribution in [3.8, 4) is 33.8 Å². The third-order valence-corrected chi connectivity index (χ3v) is 16.4. The fourth-order valence-electron chi connectivity index (χ4n) is 13.5. The molecule has 1 spiro atoms. The van der Waals surface area contributed by atoms with Crippen LogP contribution in [0.15, 0.2) is 265 Å². The second-order valence-corrected chi connectivity index (χ2v) is 19.8. The number of rotatable bonds is 5. The highest BCUT2D eigenvalue weighted by molar-refractivity contribution is 6.09. The van der Waals surface area contributed by atoms with Crippen molar-refractivity contribution >= 4 is 60.5 Å². The second-order valence-electron chi connectivity index (χ2n) is 19.8. The largest absolute Gasteiger partial charge is 0.456 e. The molecule has 0 saturated carbocycles. The van der Waals surface area contributed by atoms with Crippen molar-refractivity contribution in [3.05, 3.63) is 305 Å². The molecule has 13 aromatic rings. The third-order valence-electron chi connectivity index (χ3n) is 16.4. The summed E-state index contributed by atoms with van der Waals surface area (Å²) >= 11 is 0. The number of ether oxygens (including phenoxy) is 1. The van der Waals surface area contributed by atoms with Gasteiger partial charge in [-0.05, 0) is 85.6 Å². The van der Waals surface area contributed by atoms with Crippen LogP contribution in [-0.2, 0) is 10.8 Å². The van der Waals surface area contributed by atoms with Crippen LogP contribution in [0.3, 0.4) is 0 Å². The van der Waals surface area contributed by atoms with Crippen LogP contribution in [0, 0.1) is 0 Å². The van der Waals surface area contributed by atoms with E-state index in [1.165, 1.54) is 55.6 Å². The quantitative estimate of drug-likeness (QED) is 0.172. The van der Waals surface area contributed by atoms with E-state index in [2.05, 4.69) is 260 Å². The Bertz CT molecular complexity index is 4310. The molecule has 0 saturated heterocycles. The lowest BCUT2D eigenvalue weighted by atomic mass is 9.65. The number of nitrogens with zero attached hydrogens (tertiary/aromatic N) is 1. The van der Waals surface area contributed by atoms with Gasteiger partial charge in [0.1, 0.15) is 22.7 Å². The lowest BCUT2D eigenvalue weighted by Gasteiger charge is -2.40. The molecule has 0 amide bonds. The summed E-state index contributed by atoms with van der Waals surface area (Å²) in [6.45, 7) is 0. The molecule has 3 nitrogen and oxygen atoms in total. The minimum Gasteiger partial charge on any atom is -0.456 e. The predicted octanol–water partition coefficient (Wildman–Crippen LogP) is 18.2. The maximum Gasteiger partial charge on any atom is 0.140 e. The van der Waals surface area contributed by atoms with Crippen LogP contribution in [0.25, 0.3) is 65.7 Å². The fraction of sp³-hybridized carbons (Fsp3) is 0.0286. The van der Waals surface area contributed by atoms with Gasteiger partial charge in [0.2, 0.25) is 0 Å². The van der Waals surface area contributed by atoms with Crippen LogP contribution in [0.1, 0.15) is 44.5 Å². The highest BCUT2D eigenvalue weighted by Gasteiger charge is 2.53. The topological polar surface area (TPSA) is 25.6 Å². The molecule has 340 valence electrons. The molecule has 1 aromatic heterocycles. The second kappa shape index (κ2) is 15.0. The van der Waals surface area contributed by atoms with Gasteiger partial charge in [0.05, 0.1) is 22.2 Å². The van der Waals surface area contributed by atoms with E-state index in [1.54, 1.807) is 0 Å². The molecule has 0 atom stereocenters. The maximum absolute atomic E-state index is 7.36. The lowest BCUT2D eigenvalue weighted by Crippen LogP contribution is -2.32. The van der Waals surface area contributed by atoms with E-state index in [0.29, 0.717) is 0 Å². The SMILES string of the molecule is c1ccc(C2(c3ccccc3)c3ccccc3-c3c(N(c4ccc5c(c4)oc4ccccc45)c4cccc5c4-c4ccccc4C54c5ccc6ccccc6c5Oc5c4ccc4ccccc54)cccc32)cc1. The summed E-state index contributed by atoms with van der Waals surface area (Å²) in [5.74, 6) is 1.80. The van der Waals surface area contributed by atoms with Crippen LogP contribution in [-0.4, -0.2) is 0 Å². The van der Waals surface area contributed by atoms with Gasteiger partial charge < -0.3 is 14.1 Å². The third kappa shape index (κ3) is 5.27. The van der Waals surface area contributed by atoms with E-state index in [9.17, 15) is 0 Å². The van der Waals surface area contributed by atoms with Crippen molar-refractivity contribution < 1.29 is 9.15 Å². The molecule has 2 heterocycles. The summed E-state index contributed by atoms with van der Waals surface area (Å²) in [5, 5.41) is 6.68. The van der Waals surface area contributed by atoms with Crippen molar-refractivity contribution in [1.82, 2.24) is 0 Å². The van der Waals surface area contributed by atoms with Gasteiger partial charge in [0.15, 0.2) is 0 Å². The van der Waals surface area contributed by atoms with Crippen LogP contribution in [0.5, 0.6) is 11.5 Å². The molecule has 16 rings (SSSR count). The Balaban J connectivity index is 1.04. The van der Waals surface area contributed by atoms with Gasteiger partial charge in [-0.1, -0.05) is 224 Å². The van der Waals surface area contributed by atoms with Crippen molar-refractivity contribution in [2.45, 2.75) is 10.8 Å². The summed E-state index contributed by atoms with van der Waals surface area (Å²) in [7, 11) is 0. The van der Waals surface area contributed by atoms with Gasteiger partial charge in [0, 0.05) is 55.6 Å². The van der Waals surface area contributed by atoms with Gasteiger partial charge in [-0.3, -0.25) is 0 Å². The Morgan fingerprint density at radius 2 is 0.767 bits per heavy atom. The van der Waals surface area contributed by atoms with Gasteiger partial charge >= 0.3 is 0 Å². The van der Waals surface area contributed by atoms with Crippen LogP contribution < -0.4 is 9.64 Å². The lowest BCUT2D eigenvalue weighted by molar-refractivity contribution is 0.447. The average molecular weight is 930 g/mol. The molecule has 73 heavy (non-hydrogen) atoms. The smallest absolute Gasteiger partial charge is 0.140 e. The van der Waals surface area contributed by atoms with Crippen LogP contribution >= 0.6 is 0 Å². The molecule has 12 aromatic carbocycles. The van der Waals surface area contributed by atoms with Crippen molar-refractivity contribution in [3.63, 3.8) is 0 Å². The molecule has 0 unspecified atom stereocenters. The van der Waals surface area contributed by atoms with E-state index in [4.69, 9.17) is 9.15 Å². The number of furan rings is 1. The fourth-order valence-corrected chi connectivity index (χ4v) is 13.5. The summed E-state index contributed by atoms with van der Waals surface area (Å²) < 4.78 is 14.1. The predicted molar refractivity (Wildman–Crippen MR) is 298 cm³/mol. The summed E-state index contributed by atoms with van der Waals surface area (Å²) in [6, 6.07) is 96.0. The van der Waals surface area contributed by atoms with Gasteiger partial charge in [-0.15, -0.1) is 0 Å². The van der Waals surface area contributed by atoms with E-state index in [1.807, 2.05) is 6.07 Å². The maximum atomic E-state index is 7.36. The zero-order valence-electron chi connectivity index (χ0n) is 39.6. The first-order valence-corrected chi connectivity index (χ1v) is 25.2. The zero-order valence-corrected chi connectivity index (χ0v) is 39.6. The number of benzene rings is 12. The number of anilines is 3. The first-order valence-electron chi connectivity index (χ1n) is 25.2. The standard InChI is InChI=1S/C70H43NO2/c1-3-21-46(22-4-1)69(47-23-5-2-6-24-47)55-30-14-11-28-53(55)65-57(69)32-17-34-61(65)71(48-39-40-52-51-27-13-16-36-63(51)72-64(52)43-48)62-35-18-33-58-66(62)54-29-12-15-31-56(54)70(58)59-41-37-44-19-7-9-25-49(44)67(59)73-68-50-26-10-8-20-45(50)38-42-60(68)70/h1-43H. The molecule has 0 N–H and O–H groups in total. The minimum absolute atomic E-state index is 0.588. The van der Waals surface area contributed by atoms with Gasteiger partial charge in [-0.2, -0.15) is 0 Å².